The molecule has 38 heavy (non-hydrogen) atoms. The van der Waals surface area contributed by atoms with E-state index in [1.165, 1.54) is 5.46 Å². The fraction of sp³-hybridized carbons (Fsp3) is 0.323. The van der Waals surface area contributed by atoms with Crippen LogP contribution in [0, 0.1) is 0 Å². The fourth-order valence-electron chi connectivity index (χ4n) is 4.14. The van der Waals surface area contributed by atoms with Gasteiger partial charge in [0.05, 0.1) is 0 Å². The Morgan fingerprint density at radius 2 is 1.32 bits per heavy atom. The number of rotatable bonds is 16. The Bertz CT molecular complexity index is 972. The number of allylic oxidation sites excluding steroid dienone is 7. The minimum absolute atomic E-state index is 0.212. The molecule has 0 saturated carbocycles. The molecule has 0 aromatic heterocycles. The zero-order chi connectivity index (χ0) is 28.0. The molecule has 2 N–H and O–H groups in total. The number of nitrogens with zero attached hydrogens (tertiary/aromatic N) is 3. The van der Waals surface area contributed by atoms with Crippen LogP contribution in [0.5, 0.6) is 0 Å². The van der Waals surface area contributed by atoms with Crippen LogP contribution in [0.15, 0.2) is 112 Å². The van der Waals surface area contributed by atoms with Gasteiger partial charge >= 0.3 is 235 Å². The summed E-state index contributed by atoms with van der Waals surface area (Å²) in [5.74, 6) is 6.03. The van der Waals surface area contributed by atoms with Gasteiger partial charge in [0.2, 0.25) is 0 Å². The first kappa shape index (κ1) is 33.3. The van der Waals surface area contributed by atoms with Crippen molar-refractivity contribution in [2.45, 2.75) is 6.04 Å². The summed E-state index contributed by atoms with van der Waals surface area (Å²) >= 11 is 0. The Balaban J connectivity index is 3.22. The first-order valence-corrected chi connectivity index (χ1v) is 13.2. The first-order valence-electron chi connectivity index (χ1n) is 13.2. The predicted octanol–water partition coefficient (Wildman–Crippen LogP) is 2.52. The van der Waals surface area contributed by atoms with E-state index in [1.54, 1.807) is 18.2 Å². The van der Waals surface area contributed by atoms with Crippen molar-refractivity contribution < 1.29 is 0 Å². The molecule has 4 nitrogen and oxygen atoms in total. The Morgan fingerprint density at radius 1 is 0.737 bits per heavy atom. The molecule has 1 heterocycles. The predicted molar refractivity (Wildman–Crippen MR) is 178 cm³/mol. The van der Waals surface area contributed by atoms with Crippen LogP contribution in [0.4, 0.5) is 0 Å². The fourth-order valence-corrected chi connectivity index (χ4v) is 4.14. The third-order valence-electron chi connectivity index (χ3n) is 6.24. The van der Waals surface area contributed by atoms with Crippen molar-refractivity contribution in [2.75, 3.05) is 58.9 Å². The Kier molecular flexibility index (Phi) is 18.7. The number of hydrogen-bond acceptors (Lipinski definition) is 4. The van der Waals surface area contributed by atoms with E-state index in [9.17, 15) is 0 Å². The van der Waals surface area contributed by atoms with E-state index in [1.807, 2.05) is 54.4 Å². The van der Waals surface area contributed by atoms with Crippen molar-refractivity contribution >= 4 is 37.7 Å². The maximum atomic E-state index is 6.37. The van der Waals surface area contributed by atoms with Crippen LogP contribution in [0.2, 0.25) is 0 Å². The summed E-state index contributed by atoms with van der Waals surface area (Å²) in [5.41, 5.74) is 9.77. The molecular weight excluding hydrogens is 461 g/mol. The van der Waals surface area contributed by atoms with Crippen LogP contribution < -0.4 is 5.73 Å². The van der Waals surface area contributed by atoms with E-state index in [0.29, 0.717) is 6.54 Å². The molecule has 1 aliphatic rings. The molecule has 7 heteroatoms. The molecule has 1 rings (SSSR count). The zero-order valence-corrected chi connectivity index (χ0v) is 23.3. The van der Waals surface area contributed by atoms with E-state index < -0.39 is 0 Å². The van der Waals surface area contributed by atoms with Crippen LogP contribution >= 0.6 is 0 Å². The molecule has 0 bridgehead atoms. The molecule has 1 saturated heterocycles. The maximum absolute atomic E-state index is 6.37. The summed E-state index contributed by atoms with van der Waals surface area (Å²) in [6.45, 7) is 37.4. The third-order valence-corrected chi connectivity index (χ3v) is 6.24. The molecule has 1 aliphatic heterocycles. The van der Waals surface area contributed by atoms with Crippen LogP contribution in [-0.2, 0) is 0 Å². The average Bonchev–Trinajstić information content (AvgIpc) is 2.99. The van der Waals surface area contributed by atoms with Crippen molar-refractivity contribution in [1.29, 1.82) is 0 Å². The summed E-state index contributed by atoms with van der Waals surface area (Å²) < 4.78 is 0. The topological polar surface area (TPSA) is 35.7 Å². The van der Waals surface area contributed by atoms with Crippen molar-refractivity contribution in [3.8, 4) is 0 Å². The molecule has 0 aromatic carbocycles. The average molecular weight is 506 g/mol. The standard InChI is InChI=1S/C31H45B3N4/c1-7-12-15-18-32-28(6)24-37-20-19-36(25-29(10-4)33-16-13-8-2)21-22-38(31(23-35)27-37)26-30(11-5)34-17-14-9-3/h7-18,31H,1-6,19-27,35H2/b15-12-,16-13-,17-14-. The molecule has 0 aliphatic carbocycles. The van der Waals surface area contributed by atoms with Crippen molar-refractivity contribution in [3.63, 3.8) is 0 Å². The van der Waals surface area contributed by atoms with Crippen LogP contribution in [0.3, 0.4) is 0 Å². The Morgan fingerprint density at radius 3 is 1.89 bits per heavy atom. The molecule has 198 valence electrons. The number of hydrogen-bond donors (Lipinski definition) is 1. The molecule has 0 amide bonds. The van der Waals surface area contributed by atoms with E-state index in [4.69, 9.17) is 5.73 Å². The second kappa shape index (κ2) is 21.3. The van der Waals surface area contributed by atoms with Gasteiger partial charge in [0.15, 0.2) is 0 Å². The molecule has 0 spiro atoms. The minimum atomic E-state index is 0.212. The molecule has 1 fully saturated rings. The second-order valence-corrected chi connectivity index (χ2v) is 9.14. The quantitative estimate of drug-likeness (QED) is 0.258. The summed E-state index contributed by atoms with van der Waals surface area (Å²) in [6, 6.07) is 0.212. The molecular formula is C31H45B3N4. The first-order chi connectivity index (χ1) is 18.5. The molecule has 0 radical (unpaired) electrons. The molecule has 1 atom stereocenters. The van der Waals surface area contributed by atoms with Gasteiger partial charge in [-0.1, -0.05) is 0 Å². The van der Waals surface area contributed by atoms with Crippen molar-refractivity contribution in [1.82, 2.24) is 14.7 Å². The van der Waals surface area contributed by atoms with E-state index >= 15 is 0 Å². The summed E-state index contributed by atoms with van der Waals surface area (Å²) in [5, 5.41) is 0. The molecule has 1 unspecified atom stereocenters. The van der Waals surface area contributed by atoms with E-state index in [2.05, 4.69) is 74.9 Å². The van der Waals surface area contributed by atoms with Gasteiger partial charge in [-0.25, -0.2) is 0 Å². The van der Waals surface area contributed by atoms with Gasteiger partial charge in [0, 0.05) is 0 Å². The van der Waals surface area contributed by atoms with Gasteiger partial charge in [-0.2, -0.15) is 0 Å². The SMILES string of the molecule is C=C/C=C\B=C(C=C)CN1CCN(CC(=C)B=C/C=C\C=C)CC(CN)N(CC(=B/C=C\C=C)C=C)CC1. The van der Waals surface area contributed by atoms with Gasteiger partial charge in [0.1, 0.15) is 0 Å². The van der Waals surface area contributed by atoms with E-state index in [0.717, 1.165) is 63.3 Å². The monoisotopic (exact) mass is 506 g/mol. The summed E-state index contributed by atoms with van der Waals surface area (Å²) in [4.78, 5) is 7.45. The van der Waals surface area contributed by atoms with Gasteiger partial charge in [0.25, 0.3) is 0 Å². The number of nitrogens with two attached hydrogens (primary N) is 1. The summed E-state index contributed by atoms with van der Waals surface area (Å²) in [7, 11) is 0. The van der Waals surface area contributed by atoms with Gasteiger partial charge in [-0.15, -0.1) is 0 Å². The van der Waals surface area contributed by atoms with E-state index in [-0.39, 0.29) is 6.04 Å². The Hall–Kier alpha value is -2.70. The summed E-state index contributed by atoms with van der Waals surface area (Å²) in [6.07, 6.45) is 16.9. The van der Waals surface area contributed by atoms with Gasteiger partial charge < -0.3 is 0 Å². The Labute approximate surface area is 234 Å². The normalized spacial score (nSPS) is 18.9. The molecule has 0 aromatic rings. The van der Waals surface area contributed by atoms with Crippen molar-refractivity contribution in [3.05, 3.63) is 112 Å². The van der Waals surface area contributed by atoms with Crippen LogP contribution in [0.25, 0.3) is 0 Å². The second-order valence-electron chi connectivity index (χ2n) is 9.14. The zero-order valence-electron chi connectivity index (χ0n) is 23.3. The van der Waals surface area contributed by atoms with Crippen LogP contribution in [-0.4, -0.2) is 117 Å². The van der Waals surface area contributed by atoms with Gasteiger partial charge in [-0.3, -0.25) is 0 Å². The van der Waals surface area contributed by atoms with Gasteiger partial charge in [-0.05, 0) is 0 Å². The van der Waals surface area contributed by atoms with Crippen LogP contribution in [0.1, 0.15) is 0 Å². The third kappa shape index (κ3) is 14.3. The van der Waals surface area contributed by atoms with Crippen molar-refractivity contribution in [2.24, 2.45) is 5.73 Å².